The molecule has 0 aliphatic carbocycles. The van der Waals surface area contributed by atoms with Crippen LogP contribution in [-0.4, -0.2) is 39.0 Å². The van der Waals surface area contributed by atoms with Gasteiger partial charge in [0.1, 0.15) is 0 Å². The lowest BCUT2D eigenvalue weighted by molar-refractivity contribution is 0.0467. The number of aromatic amines is 1. The highest BCUT2D eigenvalue weighted by atomic mass is 32.1. The number of rotatable bonds is 3. The van der Waals surface area contributed by atoms with Crippen molar-refractivity contribution in [3.8, 4) is 0 Å². The van der Waals surface area contributed by atoms with Crippen molar-refractivity contribution in [2.75, 3.05) is 13.1 Å². The maximum absolute atomic E-state index is 12.1. The SMILES string of the molecule is O=C(c1ncc[nH]1)N1CCC([C@H](O)c2cccs2)CC1. The Morgan fingerprint density at radius 1 is 1.50 bits per heavy atom. The summed E-state index contributed by atoms with van der Waals surface area (Å²) >= 11 is 1.58. The first-order valence-corrected chi connectivity index (χ1v) is 7.64. The molecule has 2 N–H and O–H groups in total. The largest absolute Gasteiger partial charge is 0.387 e. The van der Waals surface area contributed by atoms with Crippen LogP contribution >= 0.6 is 11.3 Å². The second-order valence-corrected chi connectivity index (χ2v) is 6.01. The second-order valence-electron chi connectivity index (χ2n) is 5.03. The Labute approximate surface area is 121 Å². The van der Waals surface area contributed by atoms with Crippen molar-refractivity contribution in [3.63, 3.8) is 0 Å². The van der Waals surface area contributed by atoms with Gasteiger partial charge in [-0.25, -0.2) is 4.98 Å². The number of hydrogen-bond acceptors (Lipinski definition) is 4. The van der Waals surface area contributed by atoms with E-state index in [1.165, 1.54) is 0 Å². The Balaban J connectivity index is 1.58. The lowest BCUT2D eigenvalue weighted by atomic mass is 9.90. The van der Waals surface area contributed by atoms with Crippen LogP contribution in [0.5, 0.6) is 0 Å². The Hall–Kier alpha value is -1.66. The average molecular weight is 291 g/mol. The van der Waals surface area contributed by atoms with Crippen molar-refractivity contribution in [2.45, 2.75) is 18.9 Å². The van der Waals surface area contributed by atoms with Gasteiger partial charge in [0.2, 0.25) is 0 Å². The summed E-state index contributed by atoms with van der Waals surface area (Å²) in [6, 6.07) is 3.93. The zero-order chi connectivity index (χ0) is 13.9. The Kier molecular flexibility index (Phi) is 3.84. The summed E-state index contributed by atoms with van der Waals surface area (Å²) in [6.07, 6.45) is 4.48. The molecule has 1 aliphatic rings. The first kappa shape index (κ1) is 13.3. The molecule has 20 heavy (non-hydrogen) atoms. The van der Waals surface area contributed by atoms with Crippen LogP contribution in [0.15, 0.2) is 29.9 Å². The van der Waals surface area contributed by atoms with Crippen molar-refractivity contribution in [1.82, 2.24) is 14.9 Å². The normalized spacial score (nSPS) is 18.1. The fraction of sp³-hybridized carbons (Fsp3) is 0.429. The van der Waals surface area contributed by atoms with Crippen LogP contribution in [0.4, 0.5) is 0 Å². The number of aliphatic hydroxyl groups is 1. The topological polar surface area (TPSA) is 69.2 Å². The molecule has 3 heterocycles. The highest BCUT2D eigenvalue weighted by Gasteiger charge is 2.29. The molecule has 0 spiro atoms. The van der Waals surface area contributed by atoms with E-state index in [4.69, 9.17) is 0 Å². The van der Waals surface area contributed by atoms with Crippen molar-refractivity contribution in [1.29, 1.82) is 0 Å². The monoisotopic (exact) mass is 291 g/mol. The first-order chi connectivity index (χ1) is 9.75. The van der Waals surface area contributed by atoms with E-state index >= 15 is 0 Å². The summed E-state index contributed by atoms with van der Waals surface area (Å²) < 4.78 is 0. The molecule has 0 bridgehead atoms. The number of carbonyl (C=O) groups excluding carboxylic acids is 1. The number of thiophene rings is 1. The second kappa shape index (κ2) is 5.76. The molecule has 6 heteroatoms. The van der Waals surface area contributed by atoms with Gasteiger partial charge in [-0.2, -0.15) is 0 Å². The van der Waals surface area contributed by atoms with Gasteiger partial charge in [0.25, 0.3) is 5.91 Å². The molecule has 1 aliphatic heterocycles. The van der Waals surface area contributed by atoms with Gasteiger partial charge in [-0.15, -0.1) is 11.3 Å². The molecule has 1 fully saturated rings. The molecular weight excluding hydrogens is 274 g/mol. The number of imidazole rings is 1. The van der Waals surface area contributed by atoms with E-state index in [0.29, 0.717) is 18.9 Å². The summed E-state index contributed by atoms with van der Waals surface area (Å²) in [7, 11) is 0. The van der Waals surface area contributed by atoms with Crippen molar-refractivity contribution in [2.24, 2.45) is 5.92 Å². The van der Waals surface area contributed by atoms with E-state index in [0.717, 1.165) is 17.7 Å². The van der Waals surface area contributed by atoms with Gasteiger partial charge in [-0.05, 0) is 30.2 Å². The van der Waals surface area contributed by atoms with Crippen LogP contribution in [0.2, 0.25) is 0 Å². The van der Waals surface area contributed by atoms with Gasteiger partial charge in [-0.1, -0.05) is 6.07 Å². The average Bonchev–Trinajstić information content (AvgIpc) is 3.18. The number of carbonyl (C=O) groups is 1. The van der Waals surface area contributed by atoms with E-state index in [-0.39, 0.29) is 11.8 Å². The molecule has 1 saturated heterocycles. The zero-order valence-electron chi connectivity index (χ0n) is 11.0. The summed E-state index contributed by atoms with van der Waals surface area (Å²) in [5.74, 6) is 0.565. The molecular formula is C14H17N3O2S. The first-order valence-electron chi connectivity index (χ1n) is 6.76. The van der Waals surface area contributed by atoms with Gasteiger partial charge in [0, 0.05) is 30.4 Å². The Morgan fingerprint density at radius 3 is 2.90 bits per heavy atom. The molecule has 2 aromatic heterocycles. The number of nitrogens with one attached hydrogen (secondary N) is 1. The number of nitrogens with zero attached hydrogens (tertiary/aromatic N) is 2. The predicted octanol–water partition coefficient (Wildman–Crippen LogP) is 2.06. The summed E-state index contributed by atoms with van der Waals surface area (Å²) in [5, 5.41) is 12.3. The van der Waals surface area contributed by atoms with Crippen LogP contribution in [0.3, 0.4) is 0 Å². The minimum Gasteiger partial charge on any atom is -0.387 e. The van der Waals surface area contributed by atoms with Gasteiger partial charge in [0.05, 0.1) is 6.10 Å². The van der Waals surface area contributed by atoms with E-state index in [2.05, 4.69) is 9.97 Å². The van der Waals surface area contributed by atoms with Crippen LogP contribution in [0, 0.1) is 5.92 Å². The smallest absolute Gasteiger partial charge is 0.289 e. The third-order valence-electron chi connectivity index (χ3n) is 3.81. The third-order valence-corrected chi connectivity index (χ3v) is 4.75. The van der Waals surface area contributed by atoms with Crippen molar-refractivity contribution in [3.05, 3.63) is 40.6 Å². The molecule has 1 amide bonds. The molecule has 106 valence electrons. The quantitative estimate of drug-likeness (QED) is 0.909. The fourth-order valence-corrected chi connectivity index (χ4v) is 3.45. The minimum atomic E-state index is -0.407. The zero-order valence-corrected chi connectivity index (χ0v) is 11.8. The number of hydrogen-bond donors (Lipinski definition) is 2. The van der Waals surface area contributed by atoms with Crippen LogP contribution in [0.1, 0.15) is 34.4 Å². The van der Waals surface area contributed by atoms with Gasteiger partial charge >= 0.3 is 0 Å². The lowest BCUT2D eigenvalue weighted by Gasteiger charge is -2.33. The standard InChI is InChI=1S/C14H17N3O2S/c18-12(11-2-1-9-20-11)10-3-7-17(8-4-10)14(19)13-15-5-6-16-13/h1-2,5-6,9-10,12,18H,3-4,7-8H2,(H,15,16)/t12-/m0/s1. The highest BCUT2D eigenvalue weighted by Crippen LogP contribution is 2.33. The summed E-state index contributed by atoms with van der Waals surface area (Å²) in [4.78, 5) is 21.8. The maximum atomic E-state index is 12.1. The van der Waals surface area contributed by atoms with Crippen LogP contribution < -0.4 is 0 Å². The van der Waals surface area contributed by atoms with Crippen molar-refractivity contribution >= 4 is 17.2 Å². The Morgan fingerprint density at radius 2 is 2.30 bits per heavy atom. The van der Waals surface area contributed by atoms with Gasteiger partial charge < -0.3 is 15.0 Å². The molecule has 5 nitrogen and oxygen atoms in total. The van der Waals surface area contributed by atoms with E-state index in [9.17, 15) is 9.90 Å². The third kappa shape index (κ3) is 2.62. The number of likely N-dealkylation sites (tertiary alicyclic amines) is 1. The molecule has 0 radical (unpaired) electrons. The van der Waals surface area contributed by atoms with E-state index in [1.807, 2.05) is 17.5 Å². The summed E-state index contributed by atoms with van der Waals surface area (Å²) in [6.45, 7) is 1.35. The van der Waals surface area contributed by atoms with Crippen molar-refractivity contribution < 1.29 is 9.90 Å². The van der Waals surface area contributed by atoms with E-state index in [1.54, 1.807) is 28.6 Å². The van der Waals surface area contributed by atoms with Crippen LogP contribution in [-0.2, 0) is 0 Å². The number of aromatic nitrogens is 2. The Bertz CT molecular complexity index is 545. The number of H-pyrrole nitrogens is 1. The summed E-state index contributed by atoms with van der Waals surface area (Å²) in [5.41, 5.74) is 0. The van der Waals surface area contributed by atoms with Gasteiger partial charge in [0.15, 0.2) is 5.82 Å². The van der Waals surface area contributed by atoms with E-state index < -0.39 is 6.10 Å². The van der Waals surface area contributed by atoms with Gasteiger partial charge in [-0.3, -0.25) is 4.79 Å². The molecule has 1 atom stereocenters. The lowest BCUT2D eigenvalue weighted by Crippen LogP contribution is -2.40. The molecule has 0 saturated carbocycles. The predicted molar refractivity (Wildman–Crippen MR) is 76.5 cm³/mol. The number of piperidine rings is 1. The maximum Gasteiger partial charge on any atom is 0.289 e. The van der Waals surface area contributed by atoms with Crippen LogP contribution in [0.25, 0.3) is 0 Å². The molecule has 2 aromatic rings. The number of aliphatic hydroxyl groups excluding tert-OH is 1. The molecule has 0 unspecified atom stereocenters. The molecule has 0 aromatic carbocycles. The molecule has 3 rings (SSSR count). The number of amides is 1. The minimum absolute atomic E-state index is 0.0564. The highest BCUT2D eigenvalue weighted by molar-refractivity contribution is 7.10. The fourth-order valence-electron chi connectivity index (χ4n) is 2.64.